The molecule has 0 aliphatic rings. The van der Waals surface area contributed by atoms with E-state index >= 15 is 0 Å². The Hall–Kier alpha value is -3.93. The van der Waals surface area contributed by atoms with Gasteiger partial charge in [-0.3, -0.25) is 0 Å². The minimum Gasteiger partial charge on any atom is -0.345 e. The Labute approximate surface area is 181 Å². The van der Waals surface area contributed by atoms with Crippen molar-refractivity contribution in [1.29, 1.82) is 0 Å². The molecule has 154 valence electrons. The third-order valence-electron chi connectivity index (χ3n) is 5.53. The maximum Gasteiger partial charge on any atom is 0.180 e. The van der Waals surface area contributed by atoms with Crippen LogP contribution in [-0.2, 0) is 12.8 Å². The standard InChI is InChI=1S/C25H24N6/c1-3-17-8-9-21(15-18(17)4-2)29-24-25-28-12-13-31(25)16-22(30-24)19-6-5-7-20(14-19)23-26-10-11-27-23/h5-16H,3-4H2,1-2H3,(H,26,27)(H,29,30). The molecule has 0 unspecified atom stereocenters. The van der Waals surface area contributed by atoms with Gasteiger partial charge < -0.3 is 14.7 Å². The quantitative estimate of drug-likeness (QED) is 0.381. The first-order valence-corrected chi connectivity index (χ1v) is 10.6. The molecule has 6 nitrogen and oxygen atoms in total. The number of aryl methyl sites for hydroxylation is 2. The van der Waals surface area contributed by atoms with Crippen molar-refractivity contribution in [3.8, 4) is 22.6 Å². The number of H-pyrrole nitrogens is 1. The zero-order chi connectivity index (χ0) is 21.2. The number of benzene rings is 2. The van der Waals surface area contributed by atoms with E-state index in [1.807, 2.05) is 35.1 Å². The molecule has 0 saturated heterocycles. The van der Waals surface area contributed by atoms with Crippen molar-refractivity contribution in [2.24, 2.45) is 0 Å². The normalized spacial score (nSPS) is 11.2. The van der Waals surface area contributed by atoms with E-state index in [0.29, 0.717) is 0 Å². The Balaban J connectivity index is 1.56. The smallest absolute Gasteiger partial charge is 0.180 e. The number of imidazole rings is 2. The predicted octanol–water partition coefficient (Wildman–Crippen LogP) is 5.65. The second-order valence-electron chi connectivity index (χ2n) is 7.47. The number of aromatic amines is 1. The van der Waals surface area contributed by atoms with Crippen LogP contribution < -0.4 is 5.32 Å². The zero-order valence-electron chi connectivity index (χ0n) is 17.6. The highest BCUT2D eigenvalue weighted by atomic mass is 15.1. The molecule has 3 aromatic heterocycles. The lowest BCUT2D eigenvalue weighted by Crippen LogP contribution is -2.01. The highest BCUT2D eigenvalue weighted by Crippen LogP contribution is 2.28. The van der Waals surface area contributed by atoms with Gasteiger partial charge in [-0.25, -0.2) is 15.0 Å². The first-order valence-electron chi connectivity index (χ1n) is 10.6. The molecule has 5 rings (SSSR count). The fourth-order valence-electron chi connectivity index (χ4n) is 3.92. The molecule has 0 fully saturated rings. The van der Waals surface area contributed by atoms with Crippen LogP contribution in [0.3, 0.4) is 0 Å². The molecule has 0 radical (unpaired) electrons. The van der Waals surface area contributed by atoms with Gasteiger partial charge >= 0.3 is 0 Å². The van der Waals surface area contributed by atoms with Crippen molar-refractivity contribution >= 4 is 17.2 Å². The summed E-state index contributed by atoms with van der Waals surface area (Å²) in [6.07, 6.45) is 11.4. The van der Waals surface area contributed by atoms with Crippen LogP contribution in [0.4, 0.5) is 11.5 Å². The van der Waals surface area contributed by atoms with E-state index in [4.69, 9.17) is 4.98 Å². The highest BCUT2D eigenvalue weighted by molar-refractivity contribution is 5.75. The number of fused-ring (bicyclic) bond motifs is 1. The van der Waals surface area contributed by atoms with E-state index in [0.717, 1.165) is 52.6 Å². The van der Waals surface area contributed by atoms with E-state index in [1.165, 1.54) is 11.1 Å². The molecule has 0 amide bonds. The largest absolute Gasteiger partial charge is 0.345 e. The lowest BCUT2D eigenvalue weighted by molar-refractivity contribution is 1.04. The van der Waals surface area contributed by atoms with Crippen LogP contribution in [0.5, 0.6) is 0 Å². The molecule has 0 spiro atoms. The summed E-state index contributed by atoms with van der Waals surface area (Å²) in [7, 11) is 0. The van der Waals surface area contributed by atoms with Crippen LogP contribution >= 0.6 is 0 Å². The molecule has 0 aliphatic carbocycles. The minimum absolute atomic E-state index is 0.734. The maximum atomic E-state index is 4.93. The minimum atomic E-state index is 0.734. The van der Waals surface area contributed by atoms with Crippen LogP contribution in [0.1, 0.15) is 25.0 Å². The summed E-state index contributed by atoms with van der Waals surface area (Å²) in [6.45, 7) is 4.38. The molecule has 3 heterocycles. The van der Waals surface area contributed by atoms with Crippen LogP contribution in [0, 0.1) is 0 Å². The molecule has 0 bridgehead atoms. The Morgan fingerprint density at radius 3 is 2.61 bits per heavy atom. The van der Waals surface area contributed by atoms with Crippen molar-refractivity contribution in [2.45, 2.75) is 26.7 Å². The highest BCUT2D eigenvalue weighted by Gasteiger charge is 2.12. The Bertz CT molecular complexity index is 1330. The molecule has 5 aromatic rings. The Morgan fingerprint density at radius 2 is 1.81 bits per heavy atom. The van der Waals surface area contributed by atoms with Crippen molar-refractivity contribution in [3.63, 3.8) is 0 Å². The molecule has 0 aliphatic heterocycles. The second-order valence-corrected chi connectivity index (χ2v) is 7.47. The van der Waals surface area contributed by atoms with Gasteiger partial charge in [0.15, 0.2) is 11.5 Å². The molecular weight excluding hydrogens is 384 g/mol. The van der Waals surface area contributed by atoms with Gasteiger partial charge in [0.05, 0.1) is 5.69 Å². The first-order chi connectivity index (χ1) is 15.2. The van der Waals surface area contributed by atoms with Crippen molar-refractivity contribution in [3.05, 3.63) is 84.6 Å². The van der Waals surface area contributed by atoms with Gasteiger partial charge in [0.1, 0.15) is 5.82 Å². The summed E-state index contributed by atoms with van der Waals surface area (Å²) in [4.78, 5) is 17.0. The van der Waals surface area contributed by atoms with Gasteiger partial charge in [-0.1, -0.05) is 38.1 Å². The van der Waals surface area contributed by atoms with Gasteiger partial charge in [0.25, 0.3) is 0 Å². The van der Waals surface area contributed by atoms with Crippen LogP contribution in [0.2, 0.25) is 0 Å². The fraction of sp³-hybridized carbons (Fsp3) is 0.160. The van der Waals surface area contributed by atoms with Gasteiger partial charge in [-0.05, 0) is 42.2 Å². The molecule has 2 N–H and O–H groups in total. The van der Waals surface area contributed by atoms with E-state index in [9.17, 15) is 0 Å². The monoisotopic (exact) mass is 408 g/mol. The second kappa shape index (κ2) is 8.07. The number of anilines is 2. The molecule has 31 heavy (non-hydrogen) atoms. The van der Waals surface area contributed by atoms with Crippen LogP contribution in [0.25, 0.3) is 28.3 Å². The Kier molecular flexibility index (Phi) is 4.96. The van der Waals surface area contributed by atoms with E-state index in [2.05, 4.69) is 64.4 Å². The number of hydrogen-bond donors (Lipinski definition) is 2. The number of rotatable bonds is 6. The summed E-state index contributed by atoms with van der Waals surface area (Å²) >= 11 is 0. The molecule has 0 atom stereocenters. The number of nitrogens with zero attached hydrogens (tertiary/aromatic N) is 4. The summed E-state index contributed by atoms with van der Waals surface area (Å²) in [6, 6.07) is 14.7. The van der Waals surface area contributed by atoms with E-state index in [1.54, 1.807) is 12.4 Å². The van der Waals surface area contributed by atoms with Crippen LogP contribution in [-0.4, -0.2) is 24.3 Å². The fourth-order valence-corrected chi connectivity index (χ4v) is 3.92. The lowest BCUT2D eigenvalue weighted by Gasteiger charge is -2.13. The van der Waals surface area contributed by atoms with Crippen molar-refractivity contribution in [2.75, 3.05) is 5.32 Å². The SMILES string of the molecule is CCc1ccc(Nc2nc(-c3cccc(-c4ncc[nH]4)c3)cn3ccnc23)cc1CC. The van der Waals surface area contributed by atoms with Crippen molar-refractivity contribution in [1.82, 2.24) is 24.3 Å². The molecule has 2 aromatic carbocycles. The third-order valence-corrected chi connectivity index (χ3v) is 5.53. The summed E-state index contributed by atoms with van der Waals surface area (Å²) in [5, 5.41) is 3.50. The van der Waals surface area contributed by atoms with Gasteiger partial charge in [-0.15, -0.1) is 0 Å². The summed E-state index contributed by atoms with van der Waals surface area (Å²) in [5.74, 6) is 1.57. The zero-order valence-corrected chi connectivity index (χ0v) is 17.6. The lowest BCUT2D eigenvalue weighted by atomic mass is 10.0. The Morgan fingerprint density at radius 1 is 0.935 bits per heavy atom. The number of hydrogen-bond acceptors (Lipinski definition) is 4. The summed E-state index contributed by atoms with van der Waals surface area (Å²) in [5.41, 5.74) is 7.46. The average Bonchev–Trinajstić information content (AvgIpc) is 3.51. The van der Waals surface area contributed by atoms with Gasteiger partial charge in [-0.2, -0.15) is 0 Å². The number of nitrogens with one attached hydrogen (secondary N) is 2. The van der Waals surface area contributed by atoms with Crippen LogP contribution in [0.15, 0.2) is 73.4 Å². The summed E-state index contributed by atoms with van der Waals surface area (Å²) < 4.78 is 2.01. The maximum absolute atomic E-state index is 4.93. The van der Waals surface area contributed by atoms with Crippen molar-refractivity contribution < 1.29 is 0 Å². The number of aromatic nitrogens is 5. The first kappa shape index (κ1) is 19.1. The van der Waals surface area contributed by atoms with Gasteiger partial charge in [0.2, 0.25) is 0 Å². The molecular formula is C25H24N6. The third kappa shape index (κ3) is 3.68. The predicted molar refractivity (Wildman–Crippen MR) is 124 cm³/mol. The van der Waals surface area contributed by atoms with E-state index < -0.39 is 0 Å². The van der Waals surface area contributed by atoms with Gasteiger partial charge in [0, 0.05) is 47.8 Å². The topological polar surface area (TPSA) is 70.9 Å². The average molecular weight is 409 g/mol. The molecule has 0 saturated carbocycles. The molecule has 6 heteroatoms. The van der Waals surface area contributed by atoms with E-state index in [-0.39, 0.29) is 0 Å².